The van der Waals surface area contributed by atoms with Crippen LogP contribution in [0.1, 0.15) is 42.3 Å². The van der Waals surface area contributed by atoms with E-state index in [1.165, 1.54) is 30.6 Å². The second kappa shape index (κ2) is 10.3. The van der Waals surface area contributed by atoms with E-state index in [4.69, 9.17) is 4.74 Å². The number of ether oxygens (including phenoxy) is 1. The van der Waals surface area contributed by atoms with Gasteiger partial charge in [-0.25, -0.2) is 26.6 Å². The number of aromatic nitrogens is 2. The van der Waals surface area contributed by atoms with Crippen molar-refractivity contribution in [1.29, 1.82) is 0 Å². The van der Waals surface area contributed by atoms with E-state index in [9.17, 15) is 21.6 Å². The molecule has 2 aliphatic heterocycles. The molecule has 36 heavy (non-hydrogen) atoms. The molecule has 7 nitrogen and oxygen atoms in total. The Labute approximate surface area is 211 Å². The fraction of sp³-hybridized carbons (Fsp3) is 0.417. The minimum atomic E-state index is -3.86. The number of alkyl halides is 2. The molecule has 0 aliphatic carbocycles. The van der Waals surface area contributed by atoms with Gasteiger partial charge in [-0.1, -0.05) is 18.2 Å². The summed E-state index contributed by atoms with van der Waals surface area (Å²) < 4.78 is 78.2. The Morgan fingerprint density at radius 1 is 1.17 bits per heavy atom. The van der Waals surface area contributed by atoms with Gasteiger partial charge in [-0.3, -0.25) is 9.62 Å². The monoisotopic (exact) mass is 538 g/mol. The number of sulfonamides is 1. The molecule has 0 bridgehead atoms. The van der Waals surface area contributed by atoms with Crippen LogP contribution in [-0.2, 0) is 10.0 Å². The number of nitrogens with zero attached hydrogens (tertiary/aromatic N) is 3. The molecular formula is C24H25F3N4O3S2. The van der Waals surface area contributed by atoms with Crippen LogP contribution >= 0.6 is 11.5 Å². The van der Waals surface area contributed by atoms with Gasteiger partial charge < -0.3 is 4.74 Å². The number of hydrogen-bond acceptors (Lipinski definition) is 7. The van der Waals surface area contributed by atoms with Crippen molar-refractivity contribution in [3.63, 3.8) is 0 Å². The lowest BCUT2D eigenvalue weighted by atomic mass is 9.85. The maximum Gasteiger partial charge on any atom is 0.263 e. The molecule has 1 aromatic heterocycles. The molecule has 192 valence electrons. The van der Waals surface area contributed by atoms with E-state index < -0.39 is 22.4 Å². The SMILES string of the molecule is O=S(=O)(Nc1ncns1)c1ccc2c(c1)OCC[C@H]2CN1CC[C@H](C(F)F)C[C@@H]1c1ccc(F)cc1. The van der Waals surface area contributed by atoms with Crippen LogP contribution in [0.5, 0.6) is 5.75 Å². The van der Waals surface area contributed by atoms with Crippen molar-refractivity contribution >= 4 is 26.7 Å². The predicted molar refractivity (Wildman–Crippen MR) is 129 cm³/mol. The molecule has 0 spiro atoms. The standard InChI is InChI=1S/C24H25F3N4O3S2/c25-18-3-1-15(2-4-18)21-11-16(23(26)27)7-9-31(21)13-17-8-10-34-22-12-19(5-6-20(17)22)36(32,33)30-24-28-14-29-35-24/h1-6,12,14,16-17,21,23H,7-11,13H2,(H,28,29,30)/t16-,17-,21+/m0/s1. The second-order valence-corrected chi connectivity index (χ2v) is 11.5. The highest BCUT2D eigenvalue weighted by Crippen LogP contribution is 2.41. The summed E-state index contributed by atoms with van der Waals surface area (Å²) in [7, 11) is -3.86. The first-order chi connectivity index (χ1) is 17.3. The minimum Gasteiger partial charge on any atom is -0.493 e. The molecule has 1 saturated heterocycles. The third kappa shape index (κ3) is 5.35. The summed E-state index contributed by atoms with van der Waals surface area (Å²) >= 11 is 0.938. The molecule has 0 radical (unpaired) electrons. The Hall–Kier alpha value is -2.70. The zero-order valence-corrected chi connectivity index (χ0v) is 20.8. The minimum absolute atomic E-state index is 0.0349. The third-order valence-corrected chi connectivity index (χ3v) is 8.91. The van der Waals surface area contributed by atoms with Crippen LogP contribution in [0, 0.1) is 11.7 Å². The van der Waals surface area contributed by atoms with Gasteiger partial charge in [0.25, 0.3) is 10.0 Å². The quantitative estimate of drug-likeness (QED) is 0.453. The van der Waals surface area contributed by atoms with Crippen LogP contribution in [0.3, 0.4) is 0 Å². The highest BCUT2D eigenvalue weighted by atomic mass is 32.2. The van der Waals surface area contributed by atoms with Gasteiger partial charge in [-0.05, 0) is 55.1 Å². The summed E-state index contributed by atoms with van der Waals surface area (Å²) in [5, 5.41) is 0.172. The van der Waals surface area contributed by atoms with Gasteiger partial charge >= 0.3 is 0 Å². The number of fused-ring (bicyclic) bond motifs is 1. The van der Waals surface area contributed by atoms with Crippen LogP contribution in [0.15, 0.2) is 53.7 Å². The van der Waals surface area contributed by atoms with Crippen molar-refractivity contribution in [1.82, 2.24) is 14.3 Å². The molecule has 2 aliphatic rings. The molecule has 2 aromatic carbocycles. The number of hydrogen-bond donors (Lipinski definition) is 1. The lowest BCUT2D eigenvalue weighted by Crippen LogP contribution is -2.41. The van der Waals surface area contributed by atoms with Gasteiger partial charge in [-0.15, -0.1) is 0 Å². The molecule has 0 saturated carbocycles. The average Bonchev–Trinajstić information content (AvgIpc) is 3.37. The number of benzene rings is 2. The Morgan fingerprint density at radius 2 is 1.97 bits per heavy atom. The van der Waals surface area contributed by atoms with Gasteiger partial charge in [0, 0.05) is 42.0 Å². The molecule has 0 amide bonds. The van der Waals surface area contributed by atoms with E-state index in [0.717, 1.165) is 22.7 Å². The predicted octanol–water partition coefficient (Wildman–Crippen LogP) is 5.06. The maximum absolute atomic E-state index is 13.6. The molecular weight excluding hydrogens is 513 g/mol. The van der Waals surface area contributed by atoms with E-state index in [2.05, 4.69) is 19.0 Å². The lowest BCUT2D eigenvalue weighted by Gasteiger charge is -2.42. The van der Waals surface area contributed by atoms with Crippen LogP contribution in [0.2, 0.25) is 0 Å². The van der Waals surface area contributed by atoms with Crippen LogP contribution in [-0.4, -0.2) is 48.8 Å². The van der Waals surface area contributed by atoms with Crippen LogP contribution in [0.4, 0.5) is 18.3 Å². The summed E-state index contributed by atoms with van der Waals surface area (Å²) in [6, 6.07) is 10.6. The number of rotatable bonds is 7. The zero-order valence-electron chi connectivity index (χ0n) is 19.2. The molecule has 1 N–H and O–H groups in total. The number of nitrogens with one attached hydrogen (secondary N) is 1. The summed E-state index contributed by atoms with van der Waals surface area (Å²) in [6.07, 6.45) is 0.278. The number of piperidine rings is 1. The molecule has 5 rings (SSSR count). The fourth-order valence-electron chi connectivity index (χ4n) is 5.00. The topological polar surface area (TPSA) is 84.4 Å². The molecule has 1 fully saturated rings. The van der Waals surface area contributed by atoms with Crippen LogP contribution in [0.25, 0.3) is 0 Å². The van der Waals surface area contributed by atoms with Crippen molar-refractivity contribution in [3.8, 4) is 5.75 Å². The van der Waals surface area contributed by atoms with E-state index >= 15 is 0 Å². The van der Waals surface area contributed by atoms with Crippen molar-refractivity contribution in [2.24, 2.45) is 5.92 Å². The molecule has 3 atom stereocenters. The second-order valence-electron chi connectivity index (χ2n) is 9.07. The van der Waals surface area contributed by atoms with Crippen molar-refractivity contribution in [2.45, 2.75) is 42.5 Å². The molecule has 3 aromatic rings. The maximum atomic E-state index is 13.6. The van der Waals surface area contributed by atoms with Crippen molar-refractivity contribution in [3.05, 3.63) is 65.7 Å². The Bertz CT molecular complexity index is 1290. The Kier molecular flexibility index (Phi) is 7.18. The molecule has 0 unspecified atom stereocenters. The van der Waals surface area contributed by atoms with Gasteiger partial charge in [0.2, 0.25) is 11.6 Å². The average molecular weight is 539 g/mol. The first kappa shape index (κ1) is 25.0. The first-order valence-electron chi connectivity index (χ1n) is 11.6. The van der Waals surface area contributed by atoms with Gasteiger partial charge in [0.1, 0.15) is 17.9 Å². The van der Waals surface area contributed by atoms with Crippen molar-refractivity contribution in [2.75, 3.05) is 24.4 Å². The highest BCUT2D eigenvalue weighted by Gasteiger charge is 2.36. The number of anilines is 1. The van der Waals surface area contributed by atoms with E-state index in [-0.39, 0.29) is 27.8 Å². The summed E-state index contributed by atoms with van der Waals surface area (Å²) in [6.45, 7) is 1.52. The first-order valence-corrected chi connectivity index (χ1v) is 13.9. The van der Waals surface area contributed by atoms with Gasteiger partial charge in [0.15, 0.2) is 0 Å². The summed E-state index contributed by atoms with van der Waals surface area (Å²) in [5.74, 6) is -0.539. The number of likely N-dealkylation sites (tertiary alicyclic amines) is 1. The largest absolute Gasteiger partial charge is 0.493 e. The lowest BCUT2D eigenvalue weighted by molar-refractivity contribution is 0.00691. The highest BCUT2D eigenvalue weighted by molar-refractivity contribution is 7.93. The van der Waals surface area contributed by atoms with E-state index in [1.807, 2.05) is 0 Å². The van der Waals surface area contributed by atoms with E-state index in [0.29, 0.717) is 44.7 Å². The normalized spacial score (nSPS) is 22.7. The molecule has 3 heterocycles. The van der Waals surface area contributed by atoms with Gasteiger partial charge in [0.05, 0.1) is 11.5 Å². The summed E-state index contributed by atoms with van der Waals surface area (Å²) in [4.78, 5) is 6.10. The fourth-order valence-corrected chi connectivity index (χ4v) is 6.67. The summed E-state index contributed by atoms with van der Waals surface area (Å²) in [5.41, 5.74) is 1.70. The zero-order chi connectivity index (χ0) is 25.3. The van der Waals surface area contributed by atoms with Crippen molar-refractivity contribution < 1.29 is 26.3 Å². The Balaban J connectivity index is 1.37. The third-order valence-electron chi connectivity index (χ3n) is 6.86. The van der Waals surface area contributed by atoms with Gasteiger partial charge in [-0.2, -0.15) is 4.37 Å². The number of halogens is 3. The smallest absolute Gasteiger partial charge is 0.263 e. The Morgan fingerprint density at radius 3 is 2.69 bits per heavy atom. The van der Waals surface area contributed by atoms with E-state index in [1.54, 1.807) is 18.2 Å². The molecule has 12 heteroatoms. The van der Waals surface area contributed by atoms with Crippen LogP contribution < -0.4 is 9.46 Å².